The minimum Gasteiger partial charge on any atom is -0.455 e. The lowest BCUT2D eigenvalue weighted by molar-refractivity contribution is -0.384. The van der Waals surface area contributed by atoms with Gasteiger partial charge in [-0.3, -0.25) is 19.8 Å². The molecule has 368 valence electrons. The van der Waals surface area contributed by atoms with Crippen LogP contribution in [0.25, 0.3) is 27.7 Å². The van der Waals surface area contributed by atoms with E-state index in [4.69, 9.17) is 4.74 Å². The Hall–Kier alpha value is -6.28. The summed E-state index contributed by atoms with van der Waals surface area (Å²) < 4.78 is 78.6. The van der Waals surface area contributed by atoms with Crippen LogP contribution in [0.2, 0.25) is 0 Å². The van der Waals surface area contributed by atoms with Crippen molar-refractivity contribution in [2.75, 3.05) is 49.5 Å². The number of fused-ring (bicyclic) bond motifs is 1. The van der Waals surface area contributed by atoms with Crippen LogP contribution < -0.4 is 19.7 Å². The Morgan fingerprint density at radius 3 is 2.51 bits per heavy atom. The Bertz CT molecular complexity index is 3120. The maximum Gasteiger partial charge on any atom is 0.293 e. The van der Waals surface area contributed by atoms with E-state index in [1.807, 2.05) is 12.1 Å². The van der Waals surface area contributed by atoms with E-state index in [2.05, 4.69) is 43.7 Å². The van der Waals surface area contributed by atoms with E-state index in [1.54, 1.807) is 36.7 Å². The van der Waals surface area contributed by atoms with Crippen LogP contribution in [0.1, 0.15) is 81.0 Å². The van der Waals surface area contributed by atoms with E-state index in [1.165, 1.54) is 52.9 Å². The third-order valence-corrected chi connectivity index (χ3v) is 16.2. The number of H-pyrrole nitrogens is 1. The van der Waals surface area contributed by atoms with Crippen molar-refractivity contribution in [1.82, 2.24) is 19.6 Å². The van der Waals surface area contributed by atoms with Gasteiger partial charge in [-0.2, -0.15) is 0 Å². The van der Waals surface area contributed by atoms with Gasteiger partial charge < -0.3 is 25.0 Å². The Morgan fingerprint density at radius 2 is 1.76 bits per heavy atom. The molecule has 4 N–H and O–H groups in total. The van der Waals surface area contributed by atoms with Gasteiger partial charge in [-0.15, -0.1) is 11.3 Å². The molecule has 14 nitrogen and oxygen atoms in total. The number of amides is 1. The number of allylic oxidation sites excluding steroid dienone is 1. The van der Waals surface area contributed by atoms with Crippen LogP contribution in [-0.4, -0.2) is 84.1 Å². The maximum atomic E-state index is 14.8. The summed E-state index contributed by atoms with van der Waals surface area (Å²) in [5.74, 6) is -4.38. The number of nitrogens with zero attached hydrogens (tertiary/aromatic N) is 4. The number of hydrogen-bond donors (Lipinski definition) is 4. The standard InChI is InChI=1S/C51H54F3N7O7S2/c1-50(2)14-12-33(40(26-50)45-23-34(30-69-45)38-7-8-41(52)47(54)46(38)53)29-59-18-20-60(21-19-59)35-4-6-39(44(24-35)68-36-22-32-13-17-55-48(32)57-28-36)49(62)58-70(66,67)37-5-9-42(43(25-37)61(64)65)56-27-31-10-15-51(3,63)16-11-31/h4-9,13,17,22-25,28,30-31,56,63H,10-12,14-16,18-21,26-27,29H2,1-3H3,(H,55,57)(H,58,62)/t31-,51-. The first-order chi connectivity index (χ1) is 33.3. The molecule has 4 heterocycles. The molecule has 2 fully saturated rings. The van der Waals surface area contributed by atoms with E-state index in [-0.39, 0.29) is 33.9 Å². The summed E-state index contributed by atoms with van der Waals surface area (Å²) in [5, 5.41) is 28.1. The number of sulfonamides is 1. The Labute approximate surface area is 407 Å². The molecule has 3 aromatic heterocycles. The molecule has 19 heteroatoms. The minimum atomic E-state index is -4.63. The van der Waals surface area contributed by atoms with Crippen LogP contribution in [-0.2, 0) is 10.0 Å². The highest BCUT2D eigenvalue weighted by Gasteiger charge is 2.33. The van der Waals surface area contributed by atoms with Crippen LogP contribution in [0.5, 0.6) is 11.5 Å². The molecule has 1 aliphatic heterocycles. The van der Waals surface area contributed by atoms with E-state index >= 15 is 0 Å². The number of ether oxygens (including phenoxy) is 1. The lowest BCUT2D eigenvalue weighted by atomic mass is 9.73. The van der Waals surface area contributed by atoms with Crippen LogP contribution >= 0.6 is 11.3 Å². The number of halogens is 3. The van der Waals surface area contributed by atoms with E-state index < -0.39 is 54.5 Å². The summed E-state index contributed by atoms with van der Waals surface area (Å²) in [5.41, 5.74) is 3.25. The molecule has 0 atom stereocenters. The van der Waals surface area contributed by atoms with Crippen LogP contribution in [0, 0.1) is 38.9 Å². The number of hydrogen-bond acceptors (Lipinski definition) is 12. The zero-order valence-corrected chi connectivity index (χ0v) is 40.6. The topological polar surface area (TPSA) is 183 Å². The number of thiophene rings is 1. The molecular weight excluding hydrogens is 944 g/mol. The smallest absolute Gasteiger partial charge is 0.293 e. The lowest BCUT2D eigenvalue weighted by Gasteiger charge is -2.39. The Kier molecular flexibility index (Phi) is 13.6. The number of nitro groups is 1. The Morgan fingerprint density at radius 1 is 0.986 bits per heavy atom. The molecular formula is C51H54F3N7O7S2. The van der Waals surface area contributed by atoms with Gasteiger partial charge in [0.25, 0.3) is 21.6 Å². The van der Waals surface area contributed by atoms with Gasteiger partial charge in [-0.1, -0.05) is 19.4 Å². The van der Waals surface area contributed by atoms with Gasteiger partial charge in [-0.25, -0.2) is 31.3 Å². The summed E-state index contributed by atoms with van der Waals surface area (Å²) >= 11 is 1.47. The van der Waals surface area contributed by atoms with Gasteiger partial charge in [-0.05, 0) is 134 Å². The largest absolute Gasteiger partial charge is 0.455 e. The monoisotopic (exact) mass is 997 g/mol. The number of aliphatic hydroxyl groups is 1. The number of nitrogens with one attached hydrogen (secondary N) is 3. The van der Waals surface area contributed by atoms with Crippen molar-refractivity contribution in [3.63, 3.8) is 0 Å². The molecule has 1 amide bonds. The number of piperazine rings is 1. The van der Waals surface area contributed by atoms with Crippen molar-refractivity contribution in [2.24, 2.45) is 11.3 Å². The highest BCUT2D eigenvalue weighted by Crippen LogP contribution is 2.46. The molecule has 1 saturated heterocycles. The van der Waals surface area contributed by atoms with Crippen LogP contribution in [0.3, 0.4) is 0 Å². The van der Waals surface area contributed by atoms with Crippen molar-refractivity contribution < 1.29 is 41.2 Å². The molecule has 9 rings (SSSR count). The summed E-state index contributed by atoms with van der Waals surface area (Å²) in [6.07, 6.45) is 8.62. The maximum absolute atomic E-state index is 14.8. The SMILES string of the molecule is CC1(C)CCC(CN2CCN(c3ccc(C(=O)NS(=O)(=O)c4ccc(NC[C@H]5CC[C@](C)(O)CC5)c([N+](=O)[O-])c4)c(Oc4cnc5[nH]ccc5c4)c3)CC2)=C(c2cc(-c3ccc(F)c(F)c3F)cs2)C1. The van der Waals surface area contributed by atoms with Gasteiger partial charge in [0.15, 0.2) is 17.5 Å². The zero-order valence-electron chi connectivity index (χ0n) is 39.0. The first-order valence-electron chi connectivity index (χ1n) is 23.3. The summed E-state index contributed by atoms with van der Waals surface area (Å²) in [7, 11) is -4.63. The summed E-state index contributed by atoms with van der Waals surface area (Å²) in [6.45, 7) is 10.0. The normalized spacial score (nSPS) is 19.9. The number of rotatable bonds is 14. The second-order valence-corrected chi connectivity index (χ2v) is 22.3. The number of aromatic nitrogens is 2. The fourth-order valence-electron chi connectivity index (χ4n) is 9.64. The first kappa shape index (κ1) is 48.7. The van der Waals surface area contributed by atoms with Gasteiger partial charge >= 0.3 is 0 Å². The molecule has 6 aromatic rings. The van der Waals surface area contributed by atoms with Crippen molar-refractivity contribution in [3.8, 4) is 22.6 Å². The molecule has 0 spiro atoms. The number of nitro benzene ring substituents is 1. The van der Waals surface area contributed by atoms with E-state index in [0.29, 0.717) is 62.5 Å². The molecule has 1 saturated carbocycles. The number of carbonyl (C=O) groups is 1. The number of carbonyl (C=O) groups excluding carboxylic acids is 1. The fraction of sp³-hybridized carbons (Fsp3) is 0.373. The quantitative estimate of drug-likeness (QED) is 0.0463. The number of pyridine rings is 1. The van der Waals surface area contributed by atoms with Crippen molar-refractivity contribution >= 4 is 60.9 Å². The number of aromatic amines is 1. The first-order valence-corrected chi connectivity index (χ1v) is 25.7. The highest BCUT2D eigenvalue weighted by molar-refractivity contribution is 7.90. The molecule has 3 aliphatic rings. The molecule has 0 bridgehead atoms. The second kappa shape index (κ2) is 19.5. The minimum absolute atomic E-state index is 0.0198. The third-order valence-electron chi connectivity index (χ3n) is 13.9. The van der Waals surface area contributed by atoms with Gasteiger partial charge in [0, 0.05) is 79.1 Å². The van der Waals surface area contributed by atoms with E-state index in [9.17, 15) is 41.6 Å². The van der Waals surface area contributed by atoms with Crippen molar-refractivity contribution in [1.29, 1.82) is 0 Å². The third kappa shape index (κ3) is 10.7. The molecule has 70 heavy (non-hydrogen) atoms. The molecule has 2 aliphatic carbocycles. The predicted molar refractivity (Wildman–Crippen MR) is 264 cm³/mol. The lowest BCUT2D eigenvalue weighted by Crippen LogP contribution is -2.47. The average Bonchev–Trinajstić information content (AvgIpc) is 4.01. The molecule has 0 radical (unpaired) electrons. The van der Waals surface area contributed by atoms with Gasteiger partial charge in [0.2, 0.25) is 0 Å². The van der Waals surface area contributed by atoms with Crippen LogP contribution in [0.4, 0.5) is 30.2 Å². The van der Waals surface area contributed by atoms with Crippen molar-refractivity contribution in [3.05, 3.63) is 128 Å². The van der Waals surface area contributed by atoms with Gasteiger partial charge in [0.05, 0.1) is 27.2 Å². The molecule has 3 aromatic carbocycles. The van der Waals surface area contributed by atoms with Gasteiger partial charge in [0.1, 0.15) is 22.8 Å². The number of anilines is 2. The van der Waals surface area contributed by atoms with E-state index in [0.717, 1.165) is 66.7 Å². The second-order valence-electron chi connectivity index (χ2n) is 19.7. The number of benzene rings is 3. The summed E-state index contributed by atoms with van der Waals surface area (Å²) in [6, 6.07) is 16.0. The Balaban J connectivity index is 0.918. The summed E-state index contributed by atoms with van der Waals surface area (Å²) in [4.78, 5) is 38.0. The predicted octanol–water partition coefficient (Wildman–Crippen LogP) is 10.7. The fourth-order valence-corrected chi connectivity index (χ4v) is 11.6. The molecule has 0 unspecified atom stereocenters. The highest BCUT2D eigenvalue weighted by atomic mass is 32.2. The van der Waals surface area contributed by atoms with Crippen LogP contribution in [0.15, 0.2) is 95.0 Å². The average molecular weight is 998 g/mol. The van der Waals surface area contributed by atoms with Crippen molar-refractivity contribution in [2.45, 2.75) is 76.2 Å². The zero-order chi connectivity index (χ0) is 49.5.